The molecule has 0 aliphatic rings. The molecule has 130 valence electrons. The molecule has 25 heavy (non-hydrogen) atoms. The quantitative estimate of drug-likeness (QED) is 0.669. The lowest BCUT2D eigenvalue weighted by atomic mass is 10.2. The lowest BCUT2D eigenvalue weighted by molar-refractivity contribution is 0.0720. The summed E-state index contributed by atoms with van der Waals surface area (Å²) in [6.07, 6.45) is 2.53. The first-order chi connectivity index (χ1) is 12.0. The number of anilines is 2. The van der Waals surface area contributed by atoms with Gasteiger partial charge in [-0.3, -0.25) is 9.67 Å². The van der Waals surface area contributed by atoms with Crippen molar-refractivity contribution in [2.24, 2.45) is 0 Å². The normalized spacial score (nSPS) is 10.9. The molecular formula is C16H16F2N6O. The van der Waals surface area contributed by atoms with Crippen LogP contribution in [-0.4, -0.2) is 25.8 Å². The second-order valence-electron chi connectivity index (χ2n) is 5.40. The fourth-order valence-corrected chi connectivity index (χ4v) is 2.41. The molecule has 0 unspecified atom stereocenters. The Balaban J connectivity index is 1.70. The third kappa shape index (κ3) is 3.49. The smallest absolute Gasteiger partial charge is 0.308 e. The van der Waals surface area contributed by atoms with Crippen LogP contribution < -0.4 is 10.6 Å². The molecule has 0 aliphatic heterocycles. The molecule has 3 aromatic rings. The predicted octanol–water partition coefficient (Wildman–Crippen LogP) is 3.93. The molecule has 0 spiro atoms. The number of imidazole rings is 1. The van der Waals surface area contributed by atoms with Crippen LogP contribution in [0.4, 0.5) is 25.0 Å². The first-order valence-corrected chi connectivity index (χ1v) is 7.46. The molecule has 0 aliphatic carbocycles. The fourth-order valence-electron chi connectivity index (χ4n) is 2.41. The number of halogens is 2. The van der Waals surface area contributed by atoms with Gasteiger partial charge < -0.3 is 10.6 Å². The number of benzene rings is 1. The Labute approximate surface area is 142 Å². The van der Waals surface area contributed by atoms with Crippen LogP contribution in [0.5, 0.6) is 0 Å². The van der Waals surface area contributed by atoms with Gasteiger partial charge in [-0.2, -0.15) is 13.9 Å². The van der Waals surface area contributed by atoms with Gasteiger partial charge in [0, 0.05) is 23.6 Å². The van der Waals surface area contributed by atoms with Gasteiger partial charge in [0.15, 0.2) is 0 Å². The van der Waals surface area contributed by atoms with Crippen molar-refractivity contribution in [1.29, 1.82) is 0 Å². The molecule has 0 atom stereocenters. The van der Waals surface area contributed by atoms with Crippen molar-refractivity contribution in [2.75, 3.05) is 10.6 Å². The molecule has 0 saturated heterocycles. The monoisotopic (exact) mass is 346 g/mol. The molecule has 0 fully saturated rings. The van der Waals surface area contributed by atoms with Crippen LogP contribution in [0.1, 0.15) is 17.9 Å². The van der Waals surface area contributed by atoms with Gasteiger partial charge in [-0.1, -0.05) is 0 Å². The van der Waals surface area contributed by atoms with E-state index in [0.717, 1.165) is 10.3 Å². The molecule has 3 N–H and O–H groups in total. The first kappa shape index (κ1) is 16.6. The van der Waals surface area contributed by atoms with Crippen molar-refractivity contribution in [1.82, 2.24) is 19.7 Å². The number of rotatable bonds is 4. The minimum absolute atomic E-state index is 0.163. The summed E-state index contributed by atoms with van der Waals surface area (Å²) in [5.74, 6) is 0.163. The van der Waals surface area contributed by atoms with Crippen LogP contribution in [0.15, 0.2) is 36.7 Å². The van der Waals surface area contributed by atoms with E-state index in [9.17, 15) is 13.6 Å². The second kappa shape index (κ2) is 6.71. The molecule has 9 heteroatoms. The Hall–Kier alpha value is -3.23. The zero-order valence-corrected chi connectivity index (χ0v) is 13.5. The van der Waals surface area contributed by atoms with Crippen LogP contribution in [0, 0.1) is 13.8 Å². The van der Waals surface area contributed by atoms with Gasteiger partial charge in [0.1, 0.15) is 5.82 Å². The summed E-state index contributed by atoms with van der Waals surface area (Å²) in [5.41, 5.74) is 3.10. The minimum Gasteiger partial charge on any atom is -0.308 e. The molecule has 3 rings (SSSR count). The average Bonchev–Trinajstić information content (AvgIpc) is 3.18. The van der Waals surface area contributed by atoms with Crippen LogP contribution in [0.25, 0.3) is 11.4 Å². The van der Waals surface area contributed by atoms with Crippen molar-refractivity contribution in [3.63, 3.8) is 0 Å². The van der Waals surface area contributed by atoms with Crippen molar-refractivity contribution in [2.45, 2.75) is 20.4 Å². The van der Waals surface area contributed by atoms with Crippen LogP contribution >= 0.6 is 0 Å². The van der Waals surface area contributed by atoms with E-state index < -0.39 is 12.6 Å². The van der Waals surface area contributed by atoms with Crippen LogP contribution in [0.3, 0.4) is 0 Å². The molecule has 0 saturated carbocycles. The van der Waals surface area contributed by atoms with Gasteiger partial charge >= 0.3 is 12.6 Å². The number of alkyl halides is 2. The molecule has 0 radical (unpaired) electrons. The number of carbonyl (C=O) groups excluding carboxylic acids is 1. The Morgan fingerprint density at radius 2 is 1.92 bits per heavy atom. The zero-order chi connectivity index (χ0) is 18.0. The number of nitrogens with zero attached hydrogens (tertiary/aromatic N) is 3. The van der Waals surface area contributed by atoms with Crippen molar-refractivity contribution in [3.8, 4) is 11.4 Å². The third-order valence-corrected chi connectivity index (χ3v) is 3.65. The summed E-state index contributed by atoms with van der Waals surface area (Å²) < 4.78 is 26.6. The van der Waals surface area contributed by atoms with Crippen molar-refractivity contribution >= 4 is 17.4 Å². The van der Waals surface area contributed by atoms with Gasteiger partial charge in [-0.05, 0) is 38.1 Å². The minimum atomic E-state index is -2.66. The summed E-state index contributed by atoms with van der Waals surface area (Å²) in [7, 11) is 0. The maximum Gasteiger partial charge on any atom is 0.323 e. The van der Waals surface area contributed by atoms with E-state index in [4.69, 9.17) is 0 Å². The summed E-state index contributed by atoms with van der Waals surface area (Å²) in [4.78, 5) is 16.0. The van der Waals surface area contributed by atoms with Gasteiger partial charge in [0.05, 0.1) is 17.1 Å². The van der Waals surface area contributed by atoms with E-state index in [1.54, 1.807) is 38.1 Å². The number of urea groups is 1. The molecular weight excluding hydrogens is 330 g/mol. The number of aryl methyl sites for hydroxylation is 2. The van der Waals surface area contributed by atoms with Crippen LogP contribution in [0.2, 0.25) is 0 Å². The van der Waals surface area contributed by atoms with Gasteiger partial charge in [0.25, 0.3) is 0 Å². The number of aromatic nitrogens is 4. The van der Waals surface area contributed by atoms with E-state index in [-0.39, 0.29) is 5.82 Å². The fraction of sp³-hybridized carbons (Fsp3) is 0.188. The SMILES string of the molecule is Cc1n[nH]c(C)c1NC(=O)Nc1ccc(-c2nccn2C(F)F)cc1. The number of hydrogen-bond acceptors (Lipinski definition) is 3. The number of aromatic amines is 1. The maximum atomic E-state index is 12.9. The van der Waals surface area contributed by atoms with Crippen LogP contribution in [-0.2, 0) is 0 Å². The maximum absolute atomic E-state index is 12.9. The highest BCUT2D eigenvalue weighted by Crippen LogP contribution is 2.24. The van der Waals surface area contributed by atoms with E-state index in [0.29, 0.717) is 22.6 Å². The number of carbonyl (C=O) groups is 1. The zero-order valence-electron chi connectivity index (χ0n) is 13.5. The van der Waals surface area contributed by atoms with E-state index in [1.807, 2.05) is 0 Å². The molecule has 2 amide bonds. The number of H-pyrrole nitrogens is 1. The number of amides is 2. The summed E-state index contributed by atoms with van der Waals surface area (Å²) >= 11 is 0. The van der Waals surface area contributed by atoms with E-state index >= 15 is 0 Å². The summed E-state index contributed by atoms with van der Waals surface area (Å²) in [6, 6.07) is 6.05. The summed E-state index contributed by atoms with van der Waals surface area (Å²) in [6.45, 7) is 0.914. The highest BCUT2D eigenvalue weighted by atomic mass is 19.3. The Bertz CT molecular complexity index is 865. The Morgan fingerprint density at radius 3 is 2.52 bits per heavy atom. The predicted molar refractivity (Wildman–Crippen MR) is 89.6 cm³/mol. The first-order valence-electron chi connectivity index (χ1n) is 7.46. The van der Waals surface area contributed by atoms with Crippen molar-refractivity contribution < 1.29 is 13.6 Å². The highest BCUT2D eigenvalue weighted by molar-refractivity contribution is 6.00. The molecule has 2 heterocycles. The number of nitrogens with one attached hydrogen (secondary N) is 3. The molecule has 0 bridgehead atoms. The second-order valence-corrected chi connectivity index (χ2v) is 5.40. The summed E-state index contributed by atoms with van der Waals surface area (Å²) in [5, 5.41) is 12.2. The Kier molecular flexibility index (Phi) is 4.46. The molecule has 7 nitrogen and oxygen atoms in total. The molecule has 2 aromatic heterocycles. The standard InChI is InChI=1S/C16H16F2N6O/c1-9-13(10(2)23-22-9)21-16(25)20-12-5-3-11(4-6-12)14-19-7-8-24(14)15(17)18/h3-8,15H,1-2H3,(H,22,23)(H2,20,21,25). The Morgan fingerprint density at radius 1 is 1.20 bits per heavy atom. The average molecular weight is 346 g/mol. The van der Waals surface area contributed by atoms with Gasteiger partial charge in [-0.15, -0.1) is 0 Å². The van der Waals surface area contributed by atoms with Gasteiger partial charge in [0.2, 0.25) is 0 Å². The van der Waals surface area contributed by atoms with Gasteiger partial charge in [-0.25, -0.2) is 9.78 Å². The molecule has 1 aromatic carbocycles. The third-order valence-electron chi connectivity index (χ3n) is 3.65. The lowest BCUT2D eigenvalue weighted by Crippen LogP contribution is -2.20. The topological polar surface area (TPSA) is 87.6 Å². The lowest BCUT2D eigenvalue weighted by Gasteiger charge is -2.09. The largest absolute Gasteiger partial charge is 0.323 e. The number of hydrogen-bond donors (Lipinski definition) is 3. The highest BCUT2D eigenvalue weighted by Gasteiger charge is 2.14. The van der Waals surface area contributed by atoms with Crippen molar-refractivity contribution in [3.05, 3.63) is 48.0 Å². The van der Waals surface area contributed by atoms with E-state index in [1.165, 1.54) is 12.4 Å². The van der Waals surface area contributed by atoms with E-state index in [2.05, 4.69) is 25.8 Å².